The van der Waals surface area contributed by atoms with Crippen molar-refractivity contribution in [2.24, 2.45) is 0 Å². The summed E-state index contributed by atoms with van der Waals surface area (Å²) in [4.78, 5) is 21.8. The normalized spacial score (nSPS) is 11.0. The first-order chi connectivity index (χ1) is 15.6. The van der Waals surface area contributed by atoms with Crippen molar-refractivity contribution >= 4 is 17.0 Å². The van der Waals surface area contributed by atoms with Gasteiger partial charge in [0, 0.05) is 31.0 Å². The SMILES string of the molecule is COCCOc1ncccc1CNC(=O)c1cc(-c2ccc(F)cc2)nc2onc(C)c12. The van der Waals surface area contributed by atoms with E-state index in [4.69, 9.17) is 14.0 Å². The van der Waals surface area contributed by atoms with Crippen molar-refractivity contribution in [3.63, 3.8) is 0 Å². The van der Waals surface area contributed by atoms with Crippen LogP contribution in [0.3, 0.4) is 0 Å². The standard InChI is InChI=1S/C23H21FN4O4/c1-14-20-18(12-19(27-23(20)32-28-14)15-5-7-17(24)8-6-15)21(29)26-13-16-4-3-9-25-22(16)31-11-10-30-2/h3-9,12H,10-11,13H2,1-2H3,(H,26,29). The van der Waals surface area contributed by atoms with Gasteiger partial charge in [-0.25, -0.2) is 14.4 Å². The van der Waals surface area contributed by atoms with Crippen LogP contribution in [0.15, 0.2) is 53.2 Å². The smallest absolute Gasteiger partial charge is 0.259 e. The molecule has 0 unspecified atom stereocenters. The lowest BCUT2D eigenvalue weighted by Gasteiger charge is -2.12. The van der Waals surface area contributed by atoms with Gasteiger partial charge in [-0.05, 0) is 43.3 Å². The number of hydrogen-bond acceptors (Lipinski definition) is 7. The second kappa shape index (κ2) is 9.52. The third-order valence-electron chi connectivity index (χ3n) is 4.82. The highest BCUT2D eigenvalue weighted by molar-refractivity contribution is 6.07. The van der Waals surface area contributed by atoms with Gasteiger partial charge in [0.25, 0.3) is 11.6 Å². The Kier molecular flexibility index (Phi) is 6.37. The number of nitrogens with zero attached hydrogens (tertiary/aromatic N) is 3. The molecule has 0 spiro atoms. The van der Waals surface area contributed by atoms with Gasteiger partial charge in [0.15, 0.2) is 0 Å². The molecular formula is C23H21FN4O4. The van der Waals surface area contributed by atoms with Crippen LogP contribution in [0.25, 0.3) is 22.4 Å². The van der Waals surface area contributed by atoms with Crippen LogP contribution >= 0.6 is 0 Å². The van der Waals surface area contributed by atoms with Crippen molar-refractivity contribution in [3.8, 4) is 17.1 Å². The van der Waals surface area contributed by atoms with E-state index in [9.17, 15) is 9.18 Å². The molecule has 0 fully saturated rings. The Morgan fingerprint density at radius 1 is 1.19 bits per heavy atom. The van der Waals surface area contributed by atoms with Crippen LogP contribution in [-0.2, 0) is 11.3 Å². The average molecular weight is 436 g/mol. The minimum atomic E-state index is -0.358. The minimum Gasteiger partial charge on any atom is -0.475 e. The van der Waals surface area contributed by atoms with Crippen molar-refractivity contribution < 1.29 is 23.2 Å². The van der Waals surface area contributed by atoms with Gasteiger partial charge in [-0.3, -0.25) is 4.79 Å². The van der Waals surface area contributed by atoms with Crippen LogP contribution in [0.4, 0.5) is 4.39 Å². The topological polar surface area (TPSA) is 99.4 Å². The van der Waals surface area contributed by atoms with E-state index in [1.807, 2.05) is 6.07 Å². The molecule has 0 aliphatic heterocycles. The average Bonchev–Trinajstić information content (AvgIpc) is 3.19. The van der Waals surface area contributed by atoms with E-state index in [2.05, 4.69) is 20.4 Å². The predicted octanol–water partition coefficient (Wildman–Crippen LogP) is 3.69. The van der Waals surface area contributed by atoms with Gasteiger partial charge in [-0.1, -0.05) is 11.2 Å². The van der Waals surface area contributed by atoms with Crippen LogP contribution in [0.2, 0.25) is 0 Å². The van der Waals surface area contributed by atoms with Gasteiger partial charge >= 0.3 is 0 Å². The number of amides is 1. The molecule has 4 rings (SSSR count). The summed E-state index contributed by atoms with van der Waals surface area (Å²) in [6.07, 6.45) is 1.62. The first-order valence-electron chi connectivity index (χ1n) is 9.93. The van der Waals surface area contributed by atoms with E-state index in [0.717, 1.165) is 5.56 Å². The van der Waals surface area contributed by atoms with E-state index < -0.39 is 0 Å². The maximum absolute atomic E-state index is 13.3. The summed E-state index contributed by atoms with van der Waals surface area (Å²) in [5.41, 5.74) is 3.00. The van der Waals surface area contributed by atoms with Gasteiger partial charge in [0.05, 0.1) is 28.9 Å². The number of halogens is 1. The van der Waals surface area contributed by atoms with Crippen LogP contribution in [-0.4, -0.2) is 41.4 Å². The van der Waals surface area contributed by atoms with E-state index in [1.54, 1.807) is 44.5 Å². The summed E-state index contributed by atoms with van der Waals surface area (Å²) >= 11 is 0. The first kappa shape index (κ1) is 21.4. The van der Waals surface area contributed by atoms with Crippen molar-refractivity contribution in [3.05, 3.63) is 71.3 Å². The number of benzene rings is 1. The highest BCUT2D eigenvalue weighted by atomic mass is 19.1. The van der Waals surface area contributed by atoms with Crippen molar-refractivity contribution in [1.29, 1.82) is 0 Å². The zero-order valence-electron chi connectivity index (χ0n) is 17.6. The maximum Gasteiger partial charge on any atom is 0.259 e. The Labute approximate surface area is 183 Å². The fourth-order valence-electron chi connectivity index (χ4n) is 3.22. The molecule has 0 aliphatic carbocycles. The predicted molar refractivity (Wildman–Crippen MR) is 115 cm³/mol. The molecule has 0 atom stereocenters. The molecule has 164 valence electrons. The number of carbonyl (C=O) groups is 1. The molecule has 3 heterocycles. The van der Waals surface area contributed by atoms with E-state index in [0.29, 0.717) is 47.0 Å². The number of nitrogens with one attached hydrogen (secondary N) is 1. The molecule has 0 radical (unpaired) electrons. The zero-order chi connectivity index (χ0) is 22.5. The molecular weight excluding hydrogens is 415 g/mol. The highest BCUT2D eigenvalue weighted by Gasteiger charge is 2.20. The Morgan fingerprint density at radius 2 is 2.00 bits per heavy atom. The van der Waals surface area contributed by atoms with Gasteiger partial charge < -0.3 is 19.3 Å². The summed E-state index contributed by atoms with van der Waals surface area (Å²) in [6.45, 7) is 2.72. The lowest BCUT2D eigenvalue weighted by Crippen LogP contribution is -2.24. The molecule has 1 amide bonds. The molecule has 8 nitrogen and oxygen atoms in total. The third kappa shape index (κ3) is 4.57. The summed E-state index contributed by atoms with van der Waals surface area (Å²) < 4.78 is 29.2. The molecule has 4 aromatic rings. The number of fused-ring (bicyclic) bond motifs is 1. The van der Waals surface area contributed by atoms with Crippen molar-refractivity contribution in [2.45, 2.75) is 13.5 Å². The fraction of sp³-hybridized carbons (Fsp3) is 0.217. The Balaban J connectivity index is 1.61. The molecule has 9 heteroatoms. The second-order valence-corrected chi connectivity index (χ2v) is 7.00. The number of hydrogen-bond donors (Lipinski definition) is 1. The lowest BCUT2D eigenvalue weighted by molar-refractivity contribution is 0.0951. The Bertz CT molecular complexity index is 1240. The Morgan fingerprint density at radius 3 is 2.78 bits per heavy atom. The van der Waals surface area contributed by atoms with Crippen LogP contribution in [0, 0.1) is 12.7 Å². The molecule has 0 saturated carbocycles. The first-order valence-corrected chi connectivity index (χ1v) is 9.93. The van der Waals surface area contributed by atoms with Gasteiger partial charge in [-0.2, -0.15) is 0 Å². The molecule has 32 heavy (non-hydrogen) atoms. The number of ether oxygens (including phenoxy) is 2. The Hall–Kier alpha value is -3.85. The zero-order valence-corrected chi connectivity index (χ0v) is 17.6. The molecule has 0 aliphatic rings. The number of pyridine rings is 2. The minimum absolute atomic E-state index is 0.203. The molecule has 1 N–H and O–H groups in total. The number of carbonyl (C=O) groups excluding carboxylic acids is 1. The fourth-order valence-corrected chi connectivity index (χ4v) is 3.22. The van der Waals surface area contributed by atoms with Gasteiger partial charge in [0.2, 0.25) is 5.88 Å². The van der Waals surface area contributed by atoms with E-state index in [1.165, 1.54) is 12.1 Å². The van der Waals surface area contributed by atoms with Crippen molar-refractivity contribution in [2.75, 3.05) is 20.3 Å². The lowest BCUT2D eigenvalue weighted by atomic mass is 10.0. The maximum atomic E-state index is 13.3. The van der Waals surface area contributed by atoms with Crippen LogP contribution in [0.1, 0.15) is 21.6 Å². The quantitative estimate of drug-likeness (QED) is 0.421. The van der Waals surface area contributed by atoms with Crippen LogP contribution in [0.5, 0.6) is 5.88 Å². The molecule has 0 bridgehead atoms. The number of rotatable bonds is 8. The number of methoxy groups -OCH3 is 1. The molecule has 0 saturated heterocycles. The summed E-state index contributed by atoms with van der Waals surface area (Å²) in [7, 11) is 1.59. The number of aromatic nitrogens is 3. The number of aryl methyl sites for hydroxylation is 1. The van der Waals surface area contributed by atoms with Crippen molar-refractivity contribution in [1.82, 2.24) is 20.4 Å². The van der Waals surface area contributed by atoms with E-state index in [-0.39, 0.29) is 24.0 Å². The summed E-state index contributed by atoms with van der Waals surface area (Å²) in [5, 5.41) is 7.36. The largest absolute Gasteiger partial charge is 0.475 e. The van der Waals surface area contributed by atoms with Gasteiger partial charge in [0.1, 0.15) is 12.4 Å². The highest BCUT2D eigenvalue weighted by Crippen LogP contribution is 2.27. The monoisotopic (exact) mass is 436 g/mol. The second-order valence-electron chi connectivity index (χ2n) is 7.00. The van der Waals surface area contributed by atoms with Crippen LogP contribution < -0.4 is 10.1 Å². The summed E-state index contributed by atoms with van der Waals surface area (Å²) in [5.74, 6) is -0.264. The van der Waals surface area contributed by atoms with E-state index >= 15 is 0 Å². The molecule has 3 aromatic heterocycles. The molecule has 1 aromatic carbocycles. The van der Waals surface area contributed by atoms with Gasteiger partial charge in [-0.15, -0.1) is 0 Å². The third-order valence-corrected chi connectivity index (χ3v) is 4.82. The summed E-state index contributed by atoms with van der Waals surface area (Å²) in [6, 6.07) is 11.1.